The molecule has 1 heterocycles. The molecule has 1 atom stereocenters. The van der Waals surface area contributed by atoms with E-state index >= 15 is 0 Å². The Morgan fingerprint density at radius 3 is 2.11 bits per heavy atom. The standard InChI is InChI=1S/C12H9F6NO7S2/c1-25-10(20)9-4-6-2-3-7(26-28(23,24)12(16,17)18)5-8(6)19(9)27(21,22)11(13,14)15/h2-3,5,9H,4H2,1H3/t9-/m0/s1. The molecule has 0 aromatic heterocycles. The lowest BCUT2D eigenvalue weighted by molar-refractivity contribution is -0.141. The molecular weight excluding hydrogens is 448 g/mol. The van der Waals surface area contributed by atoms with E-state index in [0.29, 0.717) is 12.1 Å². The zero-order chi connectivity index (χ0) is 21.7. The van der Waals surface area contributed by atoms with Crippen molar-refractivity contribution in [3.05, 3.63) is 23.8 Å². The average molecular weight is 457 g/mol. The zero-order valence-electron chi connectivity index (χ0n) is 13.4. The van der Waals surface area contributed by atoms with Crippen LogP contribution in [0.5, 0.6) is 5.75 Å². The molecule has 0 N–H and O–H groups in total. The smallest absolute Gasteiger partial charge is 0.467 e. The third-order valence-corrected chi connectivity index (χ3v) is 6.04. The lowest BCUT2D eigenvalue weighted by atomic mass is 10.1. The molecule has 28 heavy (non-hydrogen) atoms. The second-order valence-electron chi connectivity index (χ2n) is 5.26. The van der Waals surface area contributed by atoms with Gasteiger partial charge in [0.15, 0.2) is 0 Å². The summed E-state index contributed by atoms with van der Waals surface area (Å²) in [6.45, 7) is 0. The van der Waals surface area contributed by atoms with E-state index < -0.39 is 61.0 Å². The van der Waals surface area contributed by atoms with Crippen molar-refractivity contribution in [2.75, 3.05) is 11.4 Å². The van der Waals surface area contributed by atoms with Gasteiger partial charge in [0.2, 0.25) is 0 Å². The summed E-state index contributed by atoms with van der Waals surface area (Å²) in [6.07, 6.45) is -0.594. The van der Waals surface area contributed by atoms with Crippen molar-refractivity contribution in [3.63, 3.8) is 0 Å². The lowest BCUT2D eigenvalue weighted by Crippen LogP contribution is -2.48. The first-order valence-corrected chi connectivity index (χ1v) is 9.70. The maximum Gasteiger partial charge on any atom is 0.534 e. The summed E-state index contributed by atoms with van der Waals surface area (Å²) in [4.78, 5) is 11.7. The SMILES string of the molecule is COC(=O)[C@@H]1Cc2ccc(OS(=O)(=O)C(F)(F)F)cc2N1S(=O)(=O)C(F)(F)F. The molecule has 0 bridgehead atoms. The molecule has 0 radical (unpaired) electrons. The minimum Gasteiger partial charge on any atom is -0.467 e. The molecule has 1 aliphatic rings. The molecule has 0 aliphatic carbocycles. The third-order valence-electron chi connectivity index (χ3n) is 3.50. The van der Waals surface area contributed by atoms with Gasteiger partial charge in [0.05, 0.1) is 12.8 Å². The van der Waals surface area contributed by atoms with Crippen molar-refractivity contribution in [2.45, 2.75) is 23.5 Å². The van der Waals surface area contributed by atoms with Crippen molar-refractivity contribution in [1.29, 1.82) is 0 Å². The fraction of sp³-hybridized carbons (Fsp3) is 0.417. The van der Waals surface area contributed by atoms with Crippen LogP contribution in [0.25, 0.3) is 0 Å². The van der Waals surface area contributed by atoms with Gasteiger partial charge in [0, 0.05) is 12.5 Å². The summed E-state index contributed by atoms with van der Waals surface area (Å²) >= 11 is 0. The van der Waals surface area contributed by atoms with E-state index in [0.717, 1.165) is 13.2 Å². The highest BCUT2D eigenvalue weighted by Crippen LogP contribution is 2.42. The van der Waals surface area contributed by atoms with Gasteiger partial charge in [-0.15, -0.1) is 0 Å². The first-order valence-electron chi connectivity index (χ1n) is 6.85. The van der Waals surface area contributed by atoms with E-state index in [-0.39, 0.29) is 9.87 Å². The largest absolute Gasteiger partial charge is 0.534 e. The molecule has 0 saturated carbocycles. The van der Waals surface area contributed by atoms with Crippen LogP contribution in [0.4, 0.5) is 32.0 Å². The zero-order valence-corrected chi connectivity index (χ0v) is 15.0. The molecule has 0 spiro atoms. The first kappa shape index (κ1) is 22.1. The Labute approximate surface area is 153 Å². The predicted molar refractivity (Wildman–Crippen MR) is 79.0 cm³/mol. The Kier molecular flexibility index (Phi) is 5.26. The number of rotatable bonds is 4. The van der Waals surface area contributed by atoms with Crippen LogP contribution in [0.2, 0.25) is 0 Å². The number of fused-ring (bicyclic) bond motifs is 1. The number of alkyl halides is 6. The molecular formula is C12H9F6NO7S2. The van der Waals surface area contributed by atoms with Crippen molar-refractivity contribution in [2.24, 2.45) is 0 Å². The molecule has 1 aromatic rings. The number of nitrogens with zero attached hydrogens (tertiary/aromatic N) is 1. The van der Waals surface area contributed by atoms with Gasteiger partial charge in [0.25, 0.3) is 0 Å². The number of ether oxygens (including phenoxy) is 1. The summed E-state index contributed by atoms with van der Waals surface area (Å²) < 4.78 is 130. The maximum atomic E-state index is 13.0. The van der Waals surface area contributed by atoms with E-state index in [1.165, 1.54) is 0 Å². The monoisotopic (exact) mass is 457 g/mol. The molecule has 16 heteroatoms. The highest BCUT2D eigenvalue weighted by molar-refractivity contribution is 7.93. The fourth-order valence-corrected chi connectivity index (χ4v) is 3.93. The summed E-state index contributed by atoms with van der Waals surface area (Å²) in [5, 5.41) is 0. The molecule has 158 valence electrons. The van der Waals surface area contributed by atoms with E-state index in [2.05, 4.69) is 8.92 Å². The Hall–Kier alpha value is -2.23. The number of esters is 1. The number of hydrogen-bond acceptors (Lipinski definition) is 7. The van der Waals surface area contributed by atoms with E-state index in [4.69, 9.17) is 0 Å². The number of sulfonamides is 1. The molecule has 0 unspecified atom stereocenters. The minimum atomic E-state index is -6.18. The number of carbonyl (C=O) groups excluding carboxylic acids is 1. The van der Waals surface area contributed by atoms with Gasteiger partial charge in [-0.1, -0.05) is 6.07 Å². The summed E-state index contributed by atoms with van der Waals surface area (Å²) in [5.74, 6) is -2.47. The second-order valence-corrected chi connectivity index (χ2v) is 8.61. The Morgan fingerprint density at radius 1 is 1.07 bits per heavy atom. The normalized spacial score (nSPS) is 18.0. The van der Waals surface area contributed by atoms with E-state index in [1.54, 1.807) is 0 Å². The van der Waals surface area contributed by atoms with Gasteiger partial charge < -0.3 is 8.92 Å². The first-order chi connectivity index (χ1) is 12.5. The minimum absolute atomic E-state index is 0.194. The number of anilines is 1. The molecule has 2 rings (SSSR count). The molecule has 0 saturated heterocycles. The van der Waals surface area contributed by atoms with Crippen LogP contribution in [0.15, 0.2) is 18.2 Å². The van der Waals surface area contributed by atoms with Gasteiger partial charge in [-0.25, -0.2) is 9.10 Å². The molecule has 1 aliphatic heterocycles. The molecule has 0 fully saturated rings. The molecule has 1 aromatic carbocycles. The number of methoxy groups -OCH3 is 1. The van der Waals surface area contributed by atoms with Crippen molar-refractivity contribution in [1.82, 2.24) is 0 Å². The van der Waals surface area contributed by atoms with Crippen molar-refractivity contribution < 1.29 is 56.9 Å². The molecule has 8 nitrogen and oxygen atoms in total. The average Bonchev–Trinajstić information content (AvgIpc) is 2.90. The highest BCUT2D eigenvalue weighted by atomic mass is 32.2. The van der Waals surface area contributed by atoms with Crippen LogP contribution in [0.3, 0.4) is 0 Å². The van der Waals surface area contributed by atoms with Crippen molar-refractivity contribution >= 4 is 31.8 Å². The van der Waals surface area contributed by atoms with Gasteiger partial charge in [0.1, 0.15) is 11.8 Å². The van der Waals surface area contributed by atoms with Crippen LogP contribution < -0.4 is 8.49 Å². The van der Waals surface area contributed by atoms with Gasteiger partial charge >= 0.3 is 37.1 Å². The second kappa shape index (κ2) is 6.68. The Bertz CT molecular complexity index is 1000. The Balaban J connectivity index is 2.60. The quantitative estimate of drug-likeness (QED) is 0.293. The predicted octanol–water partition coefficient (Wildman–Crippen LogP) is 1.67. The fourth-order valence-electron chi connectivity index (χ4n) is 2.33. The van der Waals surface area contributed by atoms with Crippen LogP contribution in [-0.4, -0.2) is 47.0 Å². The highest BCUT2D eigenvalue weighted by Gasteiger charge is 2.56. The summed E-state index contributed by atoms with van der Waals surface area (Å²) in [6, 6.07) is -0.162. The van der Waals surface area contributed by atoms with Gasteiger partial charge in [-0.2, -0.15) is 43.2 Å². The number of hydrogen-bond donors (Lipinski definition) is 0. The van der Waals surface area contributed by atoms with E-state index in [1.807, 2.05) is 0 Å². The number of carbonyl (C=O) groups is 1. The van der Waals surface area contributed by atoms with E-state index in [9.17, 15) is 48.0 Å². The number of halogens is 6. The summed E-state index contributed by atoms with van der Waals surface area (Å²) in [5.41, 5.74) is -12.8. The maximum absolute atomic E-state index is 13.0. The van der Waals surface area contributed by atoms with Crippen molar-refractivity contribution in [3.8, 4) is 5.75 Å². The van der Waals surface area contributed by atoms with Crippen LogP contribution in [0.1, 0.15) is 5.56 Å². The molecule has 0 amide bonds. The lowest BCUT2D eigenvalue weighted by Gasteiger charge is -2.26. The number of benzene rings is 1. The summed E-state index contributed by atoms with van der Waals surface area (Å²) in [7, 11) is -11.6. The van der Waals surface area contributed by atoms with Gasteiger partial charge in [-0.05, 0) is 11.6 Å². The van der Waals surface area contributed by atoms with Gasteiger partial charge in [-0.3, -0.25) is 0 Å². The Morgan fingerprint density at radius 2 is 1.64 bits per heavy atom. The topological polar surface area (TPSA) is 107 Å². The third kappa shape index (κ3) is 3.69. The van der Waals surface area contributed by atoms with Crippen LogP contribution in [-0.2, 0) is 36.1 Å². The van der Waals surface area contributed by atoms with Crippen LogP contribution in [0, 0.1) is 0 Å². The van der Waals surface area contributed by atoms with Crippen LogP contribution >= 0.6 is 0 Å².